The van der Waals surface area contributed by atoms with Gasteiger partial charge in [-0.1, -0.05) is 49.9 Å². The summed E-state index contributed by atoms with van der Waals surface area (Å²) in [6.07, 6.45) is -3.30. The number of ether oxygens (including phenoxy) is 1. The molecule has 1 unspecified atom stereocenters. The number of amides is 2. The molecule has 0 radical (unpaired) electrons. The summed E-state index contributed by atoms with van der Waals surface area (Å²) in [4.78, 5) is 23.4. The summed E-state index contributed by atoms with van der Waals surface area (Å²) in [6, 6.07) is 16.5. The molecule has 2 heterocycles. The lowest BCUT2D eigenvalue weighted by Gasteiger charge is -2.23. The van der Waals surface area contributed by atoms with Crippen molar-refractivity contribution < 1.29 is 27.1 Å². The van der Waals surface area contributed by atoms with Crippen LogP contribution in [-0.4, -0.2) is 44.6 Å². The van der Waals surface area contributed by atoms with E-state index in [0.717, 1.165) is 28.1 Å². The molecule has 224 valence electrons. The number of nitrogens with one attached hydrogen (secondary N) is 1. The fourth-order valence-electron chi connectivity index (χ4n) is 4.58. The molecule has 4 aromatic rings. The highest BCUT2D eigenvalue weighted by Crippen LogP contribution is 2.33. The highest BCUT2D eigenvalue weighted by Gasteiger charge is 2.31. The van der Waals surface area contributed by atoms with Crippen LogP contribution in [0, 0.1) is 5.82 Å². The van der Waals surface area contributed by atoms with Crippen molar-refractivity contribution in [3.8, 4) is 22.8 Å². The van der Waals surface area contributed by atoms with Crippen LogP contribution >= 0.6 is 11.8 Å². The number of hydrogen-bond donors (Lipinski definition) is 1. The first kappa shape index (κ1) is 30.1. The molecular weight excluding hydrogens is 584 g/mol. The lowest BCUT2D eigenvalue weighted by molar-refractivity contribution is -0.274. The van der Waals surface area contributed by atoms with Crippen LogP contribution in [0.4, 0.5) is 28.0 Å². The van der Waals surface area contributed by atoms with Crippen molar-refractivity contribution in [2.24, 2.45) is 4.99 Å². The van der Waals surface area contributed by atoms with Crippen molar-refractivity contribution in [3.05, 3.63) is 90.0 Å². The molecule has 0 aliphatic carbocycles. The Kier molecular flexibility index (Phi) is 8.71. The average molecular weight is 613 g/mol. The van der Waals surface area contributed by atoms with Gasteiger partial charge in [-0.05, 0) is 66.4 Å². The molecule has 1 fully saturated rings. The summed E-state index contributed by atoms with van der Waals surface area (Å²) in [5, 5.41) is 7.89. The molecule has 0 bridgehead atoms. The number of rotatable bonds is 7. The Hall–Kier alpha value is -4.39. The van der Waals surface area contributed by atoms with E-state index in [1.54, 1.807) is 6.07 Å². The van der Waals surface area contributed by atoms with E-state index >= 15 is 0 Å². The molecule has 1 aliphatic heterocycles. The minimum absolute atomic E-state index is 0.103. The van der Waals surface area contributed by atoms with E-state index in [1.807, 2.05) is 49.9 Å². The van der Waals surface area contributed by atoms with Crippen LogP contribution in [0.25, 0.3) is 17.1 Å². The second-order valence-electron chi connectivity index (χ2n) is 10.1. The number of carbonyl (C=O) groups is 1. The van der Waals surface area contributed by atoms with Crippen molar-refractivity contribution >= 4 is 28.6 Å². The first-order valence-electron chi connectivity index (χ1n) is 13.4. The van der Waals surface area contributed by atoms with Crippen LogP contribution in [0.15, 0.2) is 78.0 Å². The Morgan fingerprint density at radius 1 is 1.05 bits per heavy atom. The molecule has 1 aromatic heterocycles. The third-order valence-electron chi connectivity index (χ3n) is 6.71. The third-order valence-corrected chi connectivity index (χ3v) is 7.67. The second-order valence-corrected chi connectivity index (χ2v) is 11.2. The summed E-state index contributed by atoms with van der Waals surface area (Å²) in [7, 11) is 0. The molecule has 3 aromatic carbocycles. The lowest BCUT2D eigenvalue weighted by atomic mass is 10.0. The van der Waals surface area contributed by atoms with Crippen LogP contribution in [0.2, 0.25) is 0 Å². The number of nitrogens with zero attached hydrogens (tertiary/aromatic N) is 5. The van der Waals surface area contributed by atoms with Crippen LogP contribution in [0.1, 0.15) is 43.9 Å². The zero-order valence-electron chi connectivity index (χ0n) is 23.5. The second kappa shape index (κ2) is 12.5. The number of halogens is 4. The maximum atomic E-state index is 13.9. The smallest absolute Gasteiger partial charge is 0.406 e. The van der Waals surface area contributed by atoms with Crippen LogP contribution in [0.5, 0.6) is 5.75 Å². The van der Waals surface area contributed by atoms with Crippen LogP contribution in [-0.2, 0) is 0 Å². The SMILES string of the molecule is CC(C)c1cc(F)ccc1N1CCS/C1=N\C(=O)NC(C)c1ccc(-c2ncn(-c3ccc(OC(F)(F)F)cc3)n2)cc1. The van der Waals surface area contributed by atoms with Gasteiger partial charge in [0.05, 0.1) is 11.7 Å². The van der Waals surface area contributed by atoms with Gasteiger partial charge in [-0.25, -0.2) is 18.9 Å². The summed E-state index contributed by atoms with van der Waals surface area (Å²) in [5.41, 5.74) is 3.78. The van der Waals surface area contributed by atoms with Crippen LogP contribution < -0.4 is 15.0 Å². The maximum Gasteiger partial charge on any atom is 0.573 e. The van der Waals surface area contributed by atoms with Gasteiger partial charge in [0.1, 0.15) is 17.9 Å². The largest absolute Gasteiger partial charge is 0.573 e. The minimum atomic E-state index is -4.76. The number of amidine groups is 1. The van der Waals surface area contributed by atoms with Gasteiger partial charge in [-0.3, -0.25) is 0 Å². The van der Waals surface area contributed by atoms with E-state index in [1.165, 1.54) is 59.2 Å². The first-order chi connectivity index (χ1) is 20.5. The van der Waals surface area contributed by atoms with Gasteiger partial charge in [0.2, 0.25) is 0 Å². The van der Waals surface area contributed by atoms with Crippen molar-refractivity contribution in [1.29, 1.82) is 0 Å². The predicted octanol–water partition coefficient (Wildman–Crippen LogP) is 7.48. The Morgan fingerprint density at radius 2 is 1.77 bits per heavy atom. The highest BCUT2D eigenvalue weighted by atomic mass is 32.2. The number of alkyl halides is 3. The Morgan fingerprint density at radius 3 is 2.44 bits per heavy atom. The van der Waals surface area contributed by atoms with Gasteiger partial charge < -0.3 is 15.0 Å². The Bertz CT molecular complexity index is 1620. The van der Waals surface area contributed by atoms with Crippen molar-refractivity contribution in [1.82, 2.24) is 20.1 Å². The lowest BCUT2D eigenvalue weighted by Crippen LogP contribution is -2.29. The monoisotopic (exact) mass is 612 g/mol. The first-order valence-corrected chi connectivity index (χ1v) is 14.4. The van der Waals surface area contributed by atoms with Crippen molar-refractivity contribution in [2.75, 3.05) is 17.2 Å². The fraction of sp³-hybridized carbons (Fsp3) is 0.267. The quantitative estimate of drug-likeness (QED) is 0.218. The number of hydrogen-bond acceptors (Lipinski definition) is 5. The molecule has 1 atom stereocenters. The number of aromatic nitrogens is 3. The molecule has 0 saturated carbocycles. The Balaban J connectivity index is 1.23. The van der Waals surface area contributed by atoms with Gasteiger partial charge in [-0.2, -0.15) is 4.99 Å². The molecule has 43 heavy (non-hydrogen) atoms. The summed E-state index contributed by atoms with van der Waals surface area (Å²) >= 11 is 1.48. The third kappa shape index (κ3) is 7.34. The predicted molar refractivity (Wildman–Crippen MR) is 158 cm³/mol. The number of carbonyl (C=O) groups excluding carboxylic acids is 1. The van der Waals surface area contributed by atoms with E-state index < -0.39 is 12.4 Å². The zero-order valence-corrected chi connectivity index (χ0v) is 24.3. The number of urea groups is 1. The highest BCUT2D eigenvalue weighted by molar-refractivity contribution is 8.14. The molecule has 0 spiro atoms. The molecule has 13 heteroatoms. The average Bonchev–Trinajstić information content (AvgIpc) is 3.63. The molecule has 1 saturated heterocycles. The molecule has 5 rings (SSSR count). The van der Waals surface area contributed by atoms with E-state index in [4.69, 9.17) is 0 Å². The number of aliphatic imine (C=N–C) groups is 1. The van der Waals surface area contributed by atoms with Gasteiger partial charge in [0, 0.05) is 23.5 Å². The van der Waals surface area contributed by atoms with Gasteiger partial charge in [-0.15, -0.1) is 18.3 Å². The molecule has 8 nitrogen and oxygen atoms in total. The minimum Gasteiger partial charge on any atom is -0.406 e. The van der Waals surface area contributed by atoms with Gasteiger partial charge >= 0.3 is 12.4 Å². The zero-order chi connectivity index (χ0) is 30.7. The van der Waals surface area contributed by atoms with Crippen LogP contribution in [0.3, 0.4) is 0 Å². The fourth-order valence-corrected chi connectivity index (χ4v) is 5.53. The summed E-state index contributed by atoms with van der Waals surface area (Å²) in [6.45, 7) is 6.51. The summed E-state index contributed by atoms with van der Waals surface area (Å²) in [5.74, 6) is 0.663. The molecule has 1 N–H and O–H groups in total. The molecule has 2 amide bonds. The van der Waals surface area contributed by atoms with Crippen molar-refractivity contribution in [3.63, 3.8) is 0 Å². The van der Waals surface area contributed by atoms with E-state index in [2.05, 4.69) is 25.1 Å². The number of benzene rings is 3. The van der Waals surface area contributed by atoms with E-state index in [0.29, 0.717) is 23.2 Å². The topological polar surface area (TPSA) is 84.6 Å². The van der Waals surface area contributed by atoms with Gasteiger partial charge in [0.15, 0.2) is 11.0 Å². The molecule has 1 aliphatic rings. The maximum absolute atomic E-state index is 13.9. The number of anilines is 1. The standard InChI is InChI=1S/C30H28F4N6O2S/c1-18(2)25-16-22(31)8-13-26(25)39-14-15-43-29(39)37-28(41)36-19(3)20-4-6-21(7-5-20)27-35-17-40(38-27)23-9-11-24(12-10-23)42-30(32,33)34/h4-13,16-19H,14-15H2,1-3H3,(H,36,41)/b37-29-. The van der Waals surface area contributed by atoms with Crippen molar-refractivity contribution in [2.45, 2.75) is 39.1 Å². The Labute approximate surface area is 249 Å². The summed E-state index contributed by atoms with van der Waals surface area (Å²) < 4.78 is 56.5. The normalized spacial score (nSPS) is 15.3. The van der Waals surface area contributed by atoms with E-state index in [-0.39, 0.29) is 23.5 Å². The molecular formula is C30H28F4N6O2S. The number of thioether (sulfide) groups is 1. The van der Waals surface area contributed by atoms with Gasteiger partial charge in [0.25, 0.3) is 0 Å². The van der Waals surface area contributed by atoms with E-state index in [9.17, 15) is 22.4 Å².